The number of carbonyl (C=O) groups is 1. The van der Waals surface area contributed by atoms with Gasteiger partial charge in [-0.25, -0.2) is 0 Å². The van der Waals surface area contributed by atoms with Gasteiger partial charge in [-0.3, -0.25) is 9.59 Å². The predicted molar refractivity (Wildman–Crippen MR) is 87.3 cm³/mol. The first kappa shape index (κ1) is 14.8. The Labute approximate surface area is 129 Å². The number of aromatic nitrogens is 1. The minimum Gasteiger partial charge on any atom is -0.336 e. The molecular weight excluding hydrogens is 278 g/mol. The monoisotopic (exact) mass is 299 g/mol. The van der Waals surface area contributed by atoms with E-state index < -0.39 is 0 Å². The van der Waals surface area contributed by atoms with Crippen LogP contribution in [0.15, 0.2) is 29.1 Å². The van der Waals surface area contributed by atoms with Gasteiger partial charge in [0.25, 0.3) is 11.5 Å². The standard InChI is InChI=1S/C17H21N3O2/c1-12-13-6-4-5-7-14(13)19(3)16(21)15(12)17(22)20-10-8-18(2)9-11-20/h4-7H,8-11H2,1-3H3. The van der Waals surface area contributed by atoms with Crippen molar-refractivity contribution in [3.63, 3.8) is 0 Å². The molecule has 0 atom stereocenters. The summed E-state index contributed by atoms with van der Waals surface area (Å²) in [5.41, 5.74) is 1.74. The molecule has 2 aromatic rings. The lowest BCUT2D eigenvalue weighted by molar-refractivity contribution is 0.0661. The average Bonchev–Trinajstić information content (AvgIpc) is 2.53. The smallest absolute Gasteiger partial charge is 0.263 e. The van der Waals surface area contributed by atoms with Crippen LogP contribution in [0.25, 0.3) is 10.9 Å². The fourth-order valence-corrected chi connectivity index (χ4v) is 3.07. The lowest BCUT2D eigenvalue weighted by atomic mass is 10.0. The van der Waals surface area contributed by atoms with Crippen molar-refractivity contribution in [2.45, 2.75) is 6.92 Å². The number of amides is 1. The van der Waals surface area contributed by atoms with Crippen molar-refractivity contribution in [3.05, 3.63) is 45.7 Å². The topological polar surface area (TPSA) is 45.6 Å². The van der Waals surface area contributed by atoms with Gasteiger partial charge in [-0.15, -0.1) is 0 Å². The molecule has 0 spiro atoms. The molecule has 1 saturated heterocycles. The van der Waals surface area contributed by atoms with E-state index in [0.29, 0.717) is 18.7 Å². The Balaban J connectivity index is 2.11. The maximum absolute atomic E-state index is 12.8. The first-order chi connectivity index (χ1) is 10.5. The van der Waals surface area contributed by atoms with Crippen molar-refractivity contribution in [2.75, 3.05) is 33.2 Å². The number of nitrogens with zero attached hydrogens (tertiary/aromatic N) is 3. The predicted octanol–water partition coefficient (Wildman–Crippen LogP) is 1.23. The largest absolute Gasteiger partial charge is 0.336 e. The van der Waals surface area contributed by atoms with Crippen LogP contribution < -0.4 is 5.56 Å². The van der Waals surface area contributed by atoms with Gasteiger partial charge in [0.05, 0.1) is 5.52 Å². The van der Waals surface area contributed by atoms with Crippen molar-refractivity contribution >= 4 is 16.8 Å². The van der Waals surface area contributed by atoms with Crippen LogP contribution in [0.5, 0.6) is 0 Å². The summed E-state index contributed by atoms with van der Waals surface area (Å²) in [6, 6.07) is 7.71. The highest BCUT2D eigenvalue weighted by molar-refractivity contribution is 6.00. The summed E-state index contributed by atoms with van der Waals surface area (Å²) < 4.78 is 1.58. The van der Waals surface area contributed by atoms with Crippen molar-refractivity contribution in [1.29, 1.82) is 0 Å². The average molecular weight is 299 g/mol. The molecular formula is C17H21N3O2. The molecule has 1 aliphatic heterocycles. The third kappa shape index (κ3) is 2.31. The number of fused-ring (bicyclic) bond motifs is 1. The van der Waals surface area contributed by atoms with Gasteiger partial charge in [0.2, 0.25) is 0 Å². The lowest BCUT2D eigenvalue weighted by Crippen LogP contribution is -2.48. The number of rotatable bonds is 1. The van der Waals surface area contributed by atoms with E-state index in [9.17, 15) is 9.59 Å². The number of hydrogen-bond acceptors (Lipinski definition) is 3. The van der Waals surface area contributed by atoms with E-state index in [1.54, 1.807) is 16.5 Å². The number of hydrogen-bond donors (Lipinski definition) is 0. The molecule has 5 nitrogen and oxygen atoms in total. The third-order valence-corrected chi connectivity index (χ3v) is 4.57. The summed E-state index contributed by atoms with van der Waals surface area (Å²) in [4.78, 5) is 29.5. The highest BCUT2D eigenvalue weighted by Crippen LogP contribution is 2.20. The molecule has 116 valence electrons. The molecule has 0 unspecified atom stereocenters. The first-order valence-electron chi connectivity index (χ1n) is 7.57. The highest BCUT2D eigenvalue weighted by Gasteiger charge is 2.25. The van der Waals surface area contributed by atoms with Gasteiger partial charge in [0, 0.05) is 38.6 Å². The van der Waals surface area contributed by atoms with Crippen molar-refractivity contribution in [1.82, 2.24) is 14.4 Å². The van der Waals surface area contributed by atoms with E-state index in [0.717, 1.165) is 29.6 Å². The van der Waals surface area contributed by atoms with Gasteiger partial charge in [0.1, 0.15) is 5.56 Å². The number of benzene rings is 1. The minimum atomic E-state index is -0.208. The summed E-state index contributed by atoms with van der Waals surface area (Å²) in [5, 5.41) is 0.960. The number of para-hydroxylation sites is 1. The van der Waals surface area contributed by atoms with Gasteiger partial charge in [-0.2, -0.15) is 0 Å². The van der Waals surface area contributed by atoms with Crippen LogP contribution in [0.4, 0.5) is 0 Å². The fourth-order valence-electron chi connectivity index (χ4n) is 3.07. The normalized spacial score (nSPS) is 16.2. The van der Waals surface area contributed by atoms with Crippen LogP contribution in [-0.4, -0.2) is 53.5 Å². The quantitative estimate of drug-likeness (QED) is 0.796. The summed E-state index contributed by atoms with van der Waals surface area (Å²) in [6.45, 7) is 4.90. The SMILES string of the molecule is Cc1c(C(=O)N2CCN(C)CC2)c(=O)n(C)c2ccccc12. The zero-order valence-corrected chi connectivity index (χ0v) is 13.3. The number of pyridine rings is 1. The van der Waals surface area contributed by atoms with Crippen LogP contribution in [0, 0.1) is 6.92 Å². The maximum atomic E-state index is 12.8. The molecule has 1 aliphatic rings. The summed E-state index contributed by atoms with van der Waals surface area (Å²) >= 11 is 0. The summed E-state index contributed by atoms with van der Waals surface area (Å²) in [7, 11) is 3.77. The minimum absolute atomic E-state index is 0.142. The molecule has 5 heteroatoms. The second-order valence-electron chi connectivity index (χ2n) is 5.98. The molecule has 1 amide bonds. The molecule has 0 bridgehead atoms. The molecule has 3 rings (SSSR count). The Morgan fingerprint density at radius 2 is 1.68 bits per heavy atom. The van der Waals surface area contributed by atoms with Crippen LogP contribution in [0.1, 0.15) is 15.9 Å². The molecule has 1 aromatic heterocycles. The van der Waals surface area contributed by atoms with E-state index in [2.05, 4.69) is 4.90 Å². The number of piperazine rings is 1. The van der Waals surface area contributed by atoms with E-state index in [-0.39, 0.29) is 11.5 Å². The van der Waals surface area contributed by atoms with Gasteiger partial charge in [-0.05, 0) is 25.6 Å². The third-order valence-electron chi connectivity index (χ3n) is 4.57. The lowest BCUT2D eigenvalue weighted by Gasteiger charge is -2.32. The first-order valence-corrected chi connectivity index (χ1v) is 7.57. The summed E-state index contributed by atoms with van der Waals surface area (Å²) in [5.74, 6) is -0.142. The van der Waals surface area contributed by atoms with Crippen LogP contribution >= 0.6 is 0 Å². The van der Waals surface area contributed by atoms with Gasteiger partial charge in [0.15, 0.2) is 0 Å². The Kier molecular flexibility index (Phi) is 3.74. The number of aryl methyl sites for hydroxylation is 2. The summed E-state index contributed by atoms with van der Waals surface area (Å²) in [6.07, 6.45) is 0. The Morgan fingerprint density at radius 1 is 1.05 bits per heavy atom. The number of likely N-dealkylation sites (N-methyl/N-ethyl adjacent to an activating group) is 1. The van der Waals surface area contributed by atoms with E-state index in [1.165, 1.54) is 0 Å². The zero-order chi connectivity index (χ0) is 15.9. The molecule has 1 aromatic carbocycles. The molecule has 1 fully saturated rings. The van der Waals surface area contributed by atoms with Gasteiger partial charge >= 0.3 is 0 Å². The molecule has 0 N–H and O–H groups in total. The molecule has 2 heterocycles. The Hall–Kier alpha value is -2.14. The number of carbonyl (C=O) groups excluding carboxylic acids is 1. The highest BCUT2D eigenvalue weighted by atomic mass is 16.2. The van der Waals surface area contributed by atoms with Crippen LogP contribution in [-0.2, 0) is 7.05 Å². The van der Waals surface area contributed by atoms with E-state index in [1.807, 2.05) is 38.2 Å². The van der Waals surface area contributed by atoms with E-state index in [4.69, 9.17) is 0 Å². The molecule has 0 aliphatic carbocycles. The molecule has 0 saturated carbocycles. The second-order valence-corrected chi connectivity index (χ2v) is 5.98. The van der Waals surface area contributed by atoms with Crippen LogP contribution in [0.3, 0.4) is 0 Å². The van der Waals surface area contributed by atoms with Crippen molar-refractivity contribution < 1.29 is 4.79 Å². The van der Waals surface area contributed by atoms with Gasteiger partial charge < -0.3 is 14.4 Å². The second kappa shape index (κ2) is 5.57. The van der Waals surface area contributed by atoms with Gasteiger partial charge in [-0.1, -0.05) is 18.2 Å². The molecule has 0 radical (unpaired) electrons. The zero-order valence-electron chi connectivity index (χ0n) is 13.3. The molecule has 22 heavy (non-hydrogen) atoms. The fraction of sp³-hybridized carbons (Fsp3) is 0.412. The Morgan fingerprint density at radius 3 is 2.36 bits per heavy atom. The van der Waals surface area contributed by atoms with Crippen molar-refractivity contribution in [2.24, 2.45) is 7.05 Å². The van der Waals surface area contributed by atoms with E-state index >= 15 is 0 Å². The van der Waals surface area contributed by atoms with Crippen LogP contribution in [0.2, 0.25) is 0 Å². The maximum Gasteiger partial charge on any atom is 0.263 e. The Bertz CT molecular complexity index is 786. The van der Waals surface area contributed by atoms with Crippen molar-refractivity contribution in [3.8, 4) is 0 Å².